The maximum Gasteiger partial charge on any atom is 0.103 e. The summed E-state index contributed by atoms with van der Waals surface area (Å²) in [7, 11) is 0. The number of hydrogen-bond acceptors (Lipinski definition) is 4. The molecule has 0 fully saturated rings. The average Bonchev–Trinajstić information content (AvgIpc) is 1.64. The number of carboxylic acid groups (broad SMARTS) is 2. The van der Waals surface area contributed by atoms with Crippen LogP contribution >= 0.6 is 0 Å². The van der Waals surface area contributed by atoms with Gasteiger partial charge in [-0.25, -0.2) is 4.39 Å². The molecule has 0 aliphatic carbocycles. The molecule has 0 aliphatic heterocycles. The van der Waals surface area contributed by atoms with Gasteiger partial charge in [-0.1, -0.05) is 0 Å². The number of alkyl halides is 1. The maximum atomic E-state index is 11.3. The van der Waals surface area contributed by atoms with Crippen molar-refractivity contribution in [2.24, 2.45) is 5.92 Å². The molecule has 0 radical (unpaired) electrons. The first kappa shape index (κ1) is 7.87. The Bertz CT molecular complexity index is 119. The van der Waals surface area contributed by atoms with Gasteiger partial charge in [0.25, 0.3) is 0 Å². The molecule has 0 saturated carbocycles. The number of carboxylic acids is 2. The van der Waals surface area contributed by atoms with Gasteiger partial charge in [0.15, 0.2) is 0 Å². The van der Waals surface area contributed by atoms with Crippen LogP contribution in [0.3, 0.4) is 0 Å². The summed E-state index contributed by atoms with van der Waals surface area (Å²) in [5.41, 5.74) is 0. The van der Waals surface area contributed by atoms with Crippen molar-refractivity contribution >= 4 is 11.9 Å². The Kier molecular flexibility index (Phi) is 2.63. The highest BCUT2D eigenvalue weighted by atomic mass is 19.1. The predicted octanol–water partition coefficient (Wildman–Crippen LogP) is -2.93. The van der Waals surface area contributed by atoms with E-state index in [4.69, 9.17) is 0 Å². The van der Waals surface area contributed by atoms with Crippen LogP contribution in [0.4, 0.5) is 4.39 Å². The average molecular weight is 134 g/mol. The van der Waals surface area contributed by atoms with Crippen molar-refractivity contribution in [1.29, 1.82) is 0 Å². The molecule has 52 valence electrons. The number of carbonyl (C=O) groups excluding carboxylic acids is 2. The Balaban J connectivity index is 3.99. The number of aliphatic carboxylic acids is 2. The number of rotatable bonds is 3. The molecule has 0 saturated heterocycles. The van der Waals surface area contributed by atoms with Crippen molar-refractivity contribution in [2.75, 3.05) is 6.67 Å². The van der Waals surface area contributed by atoms with E-state index in [1.54, 1.807) is 0 Å². The van der Waals surface area contributed by atoms with E-state index in [-0.39, 0.29) is 0 Å². The summed E-state index contributed by atoms with van der Waals surface area (Å²) in [6.07, 6.45) is 0. The zero-order valence-electron chi connectivity index (χ0n) is 4.30. The summed E-state index contributed by atoms with van der Waals surface area (Å²) < 4.78 is 11.3. The Labute approximate surface area is 49.9 Å². The van der Waals surface area contributed by atoms with Gasteiger partial charge in [0.1, 0.15) is 6.67 Å². The SMILES string of the molecule is O=C([O-])C(CF)C(=O)[O-]. The molecular formula is C4H3FO4-2. The Hall–Kier alpha value is -1.13. The predicted molar refractivity (Wildman–Crippen MR) is 19.5 cm³/mol. The molecule has 0 aromatic carbocycles. The van der Waals surface area contributed by atoms with Gasteiger partial charge in [0.2, 0.25) is 0 Å². The minimum absolute atomic E-state index is 1.50. The van der Waals surface area contributed by atoms with Crippen molar-refractivity contribution in [3.8, 4) is 0 Å². The molecule has 0 rings (SSSR count). The third-order valence-electron chi connectivity index (χ3n) is 0.723. The Morgan fingerprint density at radius 2 is 1.67 bits per heavy atom. The lowest BCUT2D eigenvalue weighted by Gasteiger charge is -2.13. The minimum atomic E-state index is -2.13. The molecule has 0 atom stereocenters. The third-order valence-corrected chi connectivity index (χ3v) is 0.723. The lowest BCUT2D eigenvalue weighted by Crippen LogP contribution is -2.44. The normalized spacial score (nSPS) is 9.56. The standard InChI is InChI=1S/C4H5FO4/c5-1-2(3(6)7)4(8)9/h2H,1H2,(H,6,7)(H,8,9)/p-2. The number of hydrogen-bond donors (Lipinski definition) is 0. The van der Waals surface area contributed by atoms with Crippen LogP contribution in [0.5, 0.6) is 0 Å². The topological polar surface area (TPSA) is 80.3 Å². The molecular weight excluding hydrogens is 131 g/mol. The number of carbonyl (C=O) groups is 2. The fourth-order valence-electron chi connectivity index (χ4n) is 0.222. The van der Waals surface area contributed by atoms with Crippen molar-refractivity contribution in [2.45, 2.75) is 0 Å². The van der Waals surface area contributed by atoms with E-state index in [9.17, 15) is 24.2 Å². The maximum absolute atomic E-state index is 11.3. The van der Waals surface area contributed by atoms with Gasteiger partial charge in [-0.05, 0) is 0 Å². The Morgan fingerprint density at radius 3 is 1.67 bits per heavy atom. The van der Waals surface area contributed by atoms with E-state index in [0.717, 1.165) is 0 Å². The molecule has 0 N–H and O–H groups in total. The molecule has 0 heterocycles. The summed E-state index contributed by atoms with van der Waals surface area (Å²) in [5.74, 6) is -6.06. The van der Waals surface area contributed by atoms with E-state index in [1.165, 1.54) is 0 Å². The molecule has 0 spiro atoms. The molecule has 0 aromatic heterocycles. The molecule has 9 heavy (non-hydrogen) atoms. The van der Waals surface area contributed by atoms with Crippen LogP contribution in [0.25, 0.3) is 0 Å². The fourth-order valence-corrected chi connectivity index (χ4v) is 0.222. The zero-order valence-corrected chi connectivity index (χ0v) is 4.30. The van der Waals surface area contributed by atoms with Crippen molar-refractivity contribution in [3.63, 3.8) is 0 Å². The van der Waals surface area contributed by atoms with Gasteiger partial charge in [0, 0.05) is 0 Å². The van der Waals surface area contributed by atoms with Gasteiger partial charge in [-0.15, -0.1) is 0 Å². The molecule has 0 aromatic rings. The second-order valence-corrected chi connectivity index (χ2v) is 1.34. The molecule has 0 bridgehead atoms. The van der Waals surface area contributed by atoms with Crippen LogP contribution in [-0.2, 0) is 9.59 Å². The monoisotopic (exact) mass is 134 g/mol. The molecule has 0 unspecified atom stereocenters. The van der Waals surface area contributed by atoms with Gasteiger partial charge in [0.05, 0.1) is 17.9 Å². The van der Waals surface area contributed by atoms with E-state index in [1.807, 2.05) is 0 Å². The van der Waals surface area contributed by atoms with Crippen LogP contribution in [-0.4, -0.2) is 18.6 Å². The molecule has 5 heteroatoms. The summed E-state index contributed by atoms with van der Waals surface area (Å²) in [5, 5.41) is 19.2. The first-order chi connectivity index (χ1) is 4.09. The lowest BCUT2D eigenvalue weighted by molar-refractivity contribution is -0.332. The zero-order chi connectivity index (χ0) is 7.44. The van der Waals surface area contributed by atoms with E-state index < -0.39 is 24.5 Å². The van der Waals surface area contributed by atoms with Crippen LogP contribution in [0.1, 0.15) is 0 Å². The van der Waals surface area contributed by atoms with Crippen LogP contribution < -0.4 is 10.2 Å². The van der Waals surface area contributed by atoms with Crippen molar-refractivity contribution in [1.82, 2.24) is 0 Å². The van der Waals surface area contributed by atoms with Crippen LogP contribution in [0, 0.1) is 5.92 Å². The van der Waals surface area contributed by atoms with Crippen LogP contribution in [0.15, 0.2) is 0 Å². The first-order valence-electron chi connectivity index (χ1n) is 2.07. The lowest BCUT2D eigenvalue weighted by atomic mass is 10.2. The van der Waals surface area contributed by atoms with E-state index >= 15 is 0 Å². The van der Waals surface area contributed by atoms with E-state index in [2.05, 4.69) is 0 Å². The highest BCUT2D eigenvalue weighted by Crippen LogP contribution is 1.92. The Morgan fingerprint density at radius 1 is 1.33 bits per heavy atom. The second-order valence-electron chi connectivity index (χ2n) is 1.34. The van der Waals surface area contributed by atoms with Crippen molar-refractivity contribution < 1.29 is 24.2 Å². The van der Waals surface area contributed by atoms with Gasteiger partial charge in [-0.3, -0.25) is 0 Å². The quantitative estimate of drug-likeness (QED) is 0.387. The smallest absolute Gasteiger partial charge is 0.103 e. The minimum Gasteiger partial charge on any atom is -0.549 e. The third kappa shape index (κ3) is 2.07. The second kappa shape index (κ2) is 3.01. The molecule has 4 nitrogen and oxygen atoms in total. The fraction of sp³-hybridized carbons (Fsp3) is 0.500. The largest absolute Gasteiger partial charge is 0.549 e. The van der Waals surface area contributed by atoms with Gasteiger partial charge < -0.3 is 19.8 Å². The molecule has 0 amide bonds. The number of halogens is 1. The highest BCUT2D eigenvalue weighted by Gasteiger charge is 2.09. The van der Waals surface area contributed by atoms with E-state index in [0.29, 0.717) is 0 Å². The van der Waals surface area contributed by atoms with Gasteiger partial charge in [-0.2, -0.15) is 0 Å². The molecule has 0 aliphatic rings. The summed E-state index contributed by atoms with van der Waals surface area (Å²) in [4.78, 5) is 19.2. The van der Waals surface area contributed by atoms with Gasteiger partial charge >= 0.3 is 0 Å². The van der Waals surface area contributed by atoms with Crippen LogP contribution in [0.2, 0.25) is 0 Å². The summed E-state index contributed by atoms with van der Waals surface area (Å²) in [6, 6.07) is 0. The van der Waals surface area contributed by atoms with Crippen molar-refractivity contribution in [3.05, 3.63) is 0 Å². The summed E-state index contributed by atoms with van der Waals surface area (Å²) in [6.45, 7) is -1.50. The summed E-state index contributed by atoms with van der Waals surface area (Å²) >= 11 is 0. The first-order valence-corrected chi connectivity index (χ1v) is 2.07. The highest BCUT2D eigenvalue weighted by molar-refractivity contribution is 5.90.